The molecule has 67 heavy (non-hydrogen) atoms. The topological polar surface area (TPSA) is 246 Å². The number of aromatic nitrogens is 2. The zero-order chi connectivity index (χ0) is 50.0. The van der Waals surface area contributed by atoms with Crippen LogP contribution in [0.2, 0.25) is 0 Å². The molecule has 0 atom stereocenters. The summed E-state index contributed by atoms with van der Waals surface area (Å²) in [5, 5.41) is 26.8. The molecular weight excluding hydrogens is 988 g/mol. The van der Waals surface area contributed by atoms with Crippen molar-refractivity contribution in [2.75, 3.05) is 51.7 Å². The number of nitro groups is 2. The minimum Gasteiger partial charge on any atom is -0.490 e. The van der Waals surface area contributed by atoms with Crippen LogP contribution < -0.4 is 20.9 Å². The van der Waals surface area contributed by atoms with Crippen LogP contribution in [-0.4, -0.2) is 93.2 Å². The predicted molar refractivity (Wildman–Crippen MR) is 241 cm³/mol. The summed E-state index contributed by atoms with van der Waals surface area (Å²) in [6, 6.07) is 14.1. The normalized spacial score (nSPS) is 15.2. The number of alkyl halides is 6. The first-order chi connectivity index (χ1) is 31.0. The molecule has 2 saturated heterocycles. The van der Waals surface area contributed by atoms with Crippen molar-refractivity contribution >= 4 is 78.7 Å². The third-order valence-corrected chi connectivity index (χ3v) is 9.88. The van der Waals surface area contributed by atoms with Crippen LogP contribution in [0.1, 0.15) is 47.2 Å². The van der Waals surface area contributed by atoms with Crippen LogP contribution >= 0.6 is 38.9 Å². The van der Waals surface area contributed by atoms with Gasteiger partial charge in [0, 0.05) is 56.0 Å². The molecule has 7 rings (SSSR count). The number of piperidine rings is 2. The van der Waals surface area contributed by atoms with Crippen LogP contribution in [0.25, 0.3) is 22.4 Å². The van der Waals surface area contributed by atoms with Gasteiger partial charge in [-0.15, -0.1) is 0 Å². The molecule has 0 spiro atoms. The number of hydrogen-bond acceptors (Lipinski definition) is 13. The molecule has 0 bridgehead atoms. The highest BCUT2D eigenvalue weighted by Gasteiger charge is 2.34. The molecule has 0 aliphatic carbocycles. The molecule has 5 aromatic rings. The Kier molecular flexibility index (Phi) is 18.5. The Morgan fingerprint density at radius 2 is 1.19 bits per heavy atom. The quantitative estimate of drug-likeness (QED) is 0.0371. The van der Waals surface area contributed by atoms with Gasteiger partial charge in [-0.2, -0.15) is 26.3 Å². The molecular formula is C40H42Cl3F6N8O9P. The lowest BCUT2D eigenvalue weighted by Crippen LogP contribution is -2.35. The number of hydrogen-bond donors (Lipinski definition) is 4. The van der Waals surface area contributed by atoms with Crippen LogP contribution in [0.3, 0.4) is 0 Å². The average molecular weight is 1030 g/mol. The van der Waals surface area contributed by atoms with E-state index in [9.17, 15) is 55.9 Å². The number of imidazole rings is 1. The minimum atomic E-state index is -4.60. The van der Waals surface area contributed by atoms with Crippen molar-refractivity contribution in [1.29, 1.82) is 0 Å². The van der Waals surface area contributed by atoms with Crippen molar-refractivity contribution < 1.29 is 60.1 Å². The van der Waals surface area contributed by atoms with Crippen molar-refractivity contribution in [3.63, 3.8) is 0 Å². The van der Waals surface area contributed by atoms with Gasteiger partial charge in [0.05, 0.1) is 48.9 Å². The lowest BCUT2D eigenvalue weighted by atomic mass is 10.1. The maximum Gasteiger partial charge on any atom is 0.416 e. The summed E-state index contributed by atoms with van der Waals surface area (Å²) >= 11 is 13.8. The van der Waals surface area contributed by atoms with E-state index >= 15 is 0 Å². The lowest BCUT2D eigenvalue weighted by molar-refractivity contribution is -0.384. The zero-order valence-electron chi connectivity index (χ0n) is 35.2. The van der Waals surface area contributed by atoms with E-state index in [1.807, 2.05) is 14.1 Å². The monoisotopic (exact) mass is 1030 g/mol. The maximum absolute atomic E-state index is 13.5. The van der Waals surface area contributed by atoms with E-state index in [-0.39, 0.29) is 52.2 Å². The van der Waals surface area contributed by atoms with Crippen molar-refractivity contribution in [2.45, 2.75) is 50.2 Å². The molecule has 0 radical (unpaired) electrons. The van der Waals surface area contributed by atoms with E-state index in [1.165, 1.54) is 42.5 Å². The Hall–Kier alpha value is -5.58. The summed E-state index contributed by atoms with van der Waals surface area (Å²) in [4.78, 5) is 42.4. The largest absolute Gasteiger partial charge is 0.490 e. The fourth-order valence-electron chi connectivity index (χ4n) is 6.44. The third kappa shape index (κ3) is 17.5. The number of benzene rings is 4. The number of aromatic amines is 1. The first kappa shape index (κ1) is 54.0. The maximum atomic E-state index is 13.5. The number of carboxylic acid groups (broad SMARTS) is 1. The summed E-state index contributed by atoms with van der Waals surface area (Å²) in [5.74, 6) is -1.14. The Labute approximate surface area is 391 Å². The number of nitro benzene ring substituents is 2. The Morgan fingerprint density at radius 1 is 0.746 bits per heavy atom. The van der Waals surface area contributed by atoms with Crippen LogP contribution in [0.5, 0.6) is 11.5 Å². The van der Waals surface area contributed by atoms with Gasteiger partial charge in [0.1, 0.15) is 29.5 Å². The number of nitrogens with zero attached hydrogens (tertiary/aromatic N) is 5. The number of non-ortho nitro benzene ring substituents is 2. The molecule has 0 unspecified atom stereocenters. The Morgan fingerprint density at radius 3 is 1.64 bits per heavy atom. The second kappa shape index (κ2) is 22.9. The van der Waals surface area contributed by atoms with Gasteiger partial charge in [-0.25, -0.2) is 9.78 Å². The summed E-state index contributed by atoms with van der Waals surface area (Å²) in [6.45, 7) is 3.24. The number of nitrogens with two attached hydrogens (primary N) is 2. The first-order valence-corrected chi connectivity index (χ1v) is 24.0. The van der Waals surface area contributed by atoms with Gasteiger partial charge in [-0.3, -0.25) is 24.8 Å². The number of ether oxygens (including phenoxy) is 2. The van der Waals surface area contributed by atoms with E-state index < -0.39 is 50.1 Å². The van der Waals surface area contributed by atoms with Gasteiger partial charge < -0.3 is 40.8 Å². The number of H-pyrrole nitrogens is 1. The van der Waals surface area contributed by atoms with Gasteiger partial charge in [0.15, 0.2) is 0 Å². The number of fused-ring (bicyclic) bond motifs is 1. The molecule has 0 amide bonds. The summed E-state index contributed by atoms with van der Waals surface area (Å²) in [5.41, 5.74) is 9.81. The molecule has 2 aliphatic rings. The van der Waals surface area contributed by atoms with Gasteiger partial charge in [-0.05, 0) is 122 Å². The minimum absolute atomic E-state index is 0.0446. The number of carbonyl (C=O) groups is 1. The number of anilines is 2. The summed E-state index contributed by atoms with van der Waals surface area (Å²) in [6.07, 6.45) is -6.62. The smallest absolute Gasteiger partial charge is 0.416 e. The molecule has 3 heterocycles. The standard InChI is InChI=1S/C20H19F3N4O3.C14H16F3NO3.C6H7N3O2.Cl3OP/c1-26-6-4-15(5-7-26)30-16-9-12(8-13(10-16)20(21,22)23)19-24-17-3-2-14(27(28)29)11-18(17)25-19;1-18-4-2-11(3-5-18)21-12-7-9(13(19)20)6-10(8-12)14(15,16)17;7-5-2-1-4(9(10)11)3-6(5)8;1-5(2,3)4/h2-3,8-11,15H,4-7H2,1H3,(H,24,25);6-8,11H,2-5H2,1H3,(H,19,20);1-3H,7-8H2;. The summed E-state index contributed by atoms with van der Waals surface area (Å²) in [7, 11) is 3.95. The average Bonchev–Trinajstić information content (AvgIpc) is 3.67. The zero-order valence-corrected chi connectivity index (χ0v) is 38.4. The number of aromatic carboxylic acids is 1. The van der Waals surface area contributed by atoms with E-state index in [0.717, 1.165) is 63.3 Å². The fraction of sp³-hybridized carbons (Fsp3) is 0.350. The molecule has 364 valence electrons. The highest BCUT2D eigenvalue weighted by Crippen LogP contribution is 2.61. The van der Waals surface area contributed by atoms with Crippen molar-refractivity contribution in [2.24, 2.45) is 0 Å². The molecule has 2 fully saturated rings. The van der Waals surface area contributed by atoms with Gasteiger partial charge >= 0.3 is 23.5 Å². The van der Waals surface area contributed by atoms with Crippen molar-refractivity contribution in [3.05, 3.63) is 110 Å². The van der Waals surface area contributed by atoms with Crippen LogP contribution in [0, 0.1) is 20.2 Å². The van der Waals surface area contributed by atoms with E-state index in [4.69, 9.17) is 26.0 Å². The fourth-order valence-corrected chi connectivity index (χ4v) is 6.44. The second-order valence-corrected chi connectivity index (χ2v) is 21.7. The van der Waals surface area contributed by atoms with E-state index in [0.29, 0.717) is 35.6 Å². The number of halogens is 9. The van der Waals surface area contributed by atoms with Crippen molar-refractivity contribution in [3.8, 4) is 22.9 Å². The Balaban J connectivity index is 0.000000228. The van der Waals surface area contributed by atoms with Crippen LogP contribution in [0.4, 0.5) is 49.1 Å². The van der Waals surface area contributed by atoms with E-state index in [2.05, 4.69) is 53.5 Å². The van der Waals surface area contributed by atoms with Gasteiger partial charge in [0.25, 0.3) is 11.4 Å². The SMILES string of the molecule is CN1CCC(Oc2cc(-c3nc4ccc([N+](=O)[O-])cc4[nH]3)cc(C(F)(F)F)c2)CC1.CN1CCC(Oc2cc(C(=O)O)cc(C(F)(F)F)c2)CC1.Nc1ccc([N+](=O)[O-])cc1N.O=P(Cl)(Cl)Cl. The first-order valence-electron chi connectivity index (χ1n) is 19.6. The van der Waals surface area contributed by atoms with Crippen molar-refractivity contribution in [1.82, 2.24) is 19.8 Å². The number of nitrogens with one attached hydrogen (secondary N) is 1. The molecule has 4 aromatic carbocycles. The summed E-state index contributed by atoms with van der Waals surface area (Å²) < 4.78 is 99.7. The molecule has 27 heteroatoms. The highest BCUT2D eigenvalue weighted by atomic mass is 36.0. The third-order valence-electron chi connectivity index (χ3n) is 9.88. The van der Waals surface area contributed by atoms with E-state index in [1.54, 1.807) is 0 Å². The Bertz CT molecular complexity index is 2580. The molecule has 17 nitrogen and oxygen atoms in total. The molecule has 1 aromatic heterocycles. The van der Waals surface area contributed by atoms with Gasteiger partial charge in [-0.1, -0.05) is 0 Å². The lowest BCUT2D eigenvalue weighted by Gasteiger charge is -2.29. The number of nitrogen functional groups attached to an aromatic ring is 2. The highest BCUT2D eigenvalue weighted by molar-refractivity contribution is 8.24. The number of likely N-dealkylation sites (tertiary alicyclic amines) is 2. The number of carboxylic acids is 1. The second-order valence-electron chi connectivity index (χ2n) is 15.0. The van der Waals surface area contributed by atoms with Crippen LogP contribution in [-0.2, 0) is 16.9 Å². The molecule has 2 aliphatic heterocycles. The predicted octanol–water partition coefficient (Wildman–Crippen LogP) is 11.1. The molecule has 0 saturated carbocycles. The number of rotatable bonds is 8. The van der Waals surface area contributed by atoms with Gasteiger partial charge in [0.2, 0.25) is 0 Å². The van der Waals surface area contributed by atoms with Crippen LogP contribution in [0.15, 0.2) is 72.8 Å². The molecule has 6 N–H and O–H groups in total.